The fourth-order valence-electron chi connectivity index (χ4n) is 4.03. The van der Waals surface area contributed by atoms with Crippen LogP contribution in [-0.2, 0) is 26.2 Å². The lowest BCUT2D eigenvalue weighted by molar-refractivity contribution is -0.140. The van der Waals surface area contributed by atoms with Crippen molar-refractivity contribution in [1.82, 2.24) is 10.2 Å². The van der Waals surface area contributed by atoms with E-state index in [1.54, 1.807) is 74.7 Å². The van der Waals surface area contributed by atoms with Crippen molar-refractivity contribution < 1.29 is 22.7 Å². The second-order valence-electron chi connectivity index (χ2n) is 8.49. The molecule has 0 aromatic heterocycles. The minimum Gasteiger partial charge on any atom is -0.497 e. The van der Waals surface area contributed by atoms with Crippen LogP contribution < -0.4 is 14.4 Å². The highest BCUT2D eigenvalue weighted by atomic mass is 79.9. The van der Waals surface area contributed by atoms with E-state index < -0.39 is 28.5 Å². The predicted octanol–water partition coefficient (Wildman–Crippen LogP) is 4.60. The van der Waals surface area contributed by atoms with Crippen molar-refractivity contribution in [2.75, 3.05) is 24.5 Å². The summed E-state index contributed by atoms with van der Waals surface area (Å²) in [4.78, 5) is 28.4. The van der Waals surface area contributed by atoms with E-state index >= 15 is 0 Å². The molecule has 0 aliphatic rings. The van der Waals surface area contributed by atoms with Gasteiger partial charge >= 0.3 is 0 Å². The molecule has 0 heterocycles. The van der Waals surface area contributed by atoms with Crippen molar-refractivity contribution in [1.29, 1.82) is 0 Å². The summed E-state index contributed by atoms with van der Waals surface area (Å²) < 4.78 is 34.7. The van der Waals surface area contributed by atoms with Crippen LogP contribution >= 0.6 is 15.9 Å². The van der Waals surface area contributed by atoms with Crippen LogP contribution in [0.3, 0.4) is 0 Å². The van der Waals surface area contributed by atoms with Crippen molar-refractivity contribution in [3.8, 4) is 5.75 Å². The Morgan fingerprint density at radius 1 is 0.974 bits per heavy atom. The Labute approximate surface area is 232 Å². The number of rotatable bonds is 12. The zero-order valence-electron chi connectivity index (χ0n) is 21.6. The van der Waals surface area contributed by atoms with E-state index in [1.807, 2.05) is 13.0 Å². The van der Waals surface area contributed by atoms with Crippen LogP contribution in [0.2, 0.25) is 0 Å². The van der Waals surface area contributed by atoms with E-state index in [0.29, 0.717) is 24.4 Å². The number of halogens is 1. The first-order chi connectivity index (χ1) is 18.2. The molecule has 1 atom stereocenters. The molecule has 0 unspecified atom stereocenters. The molecule has 10 heteroatoms. The maximum Gasteiger partial charge on any atom is 0.264 e. The first kappa shape index (κ1) is 29.2. The normalized spacial score (nSPS) is 11.9. The lowest BCUT2D eigenvalue weighted by atomic mass is 10.1. The number of carbonyl (C=O) groups excluding carboxylic acids is 2. The summed E-state index contributed by atoms with van der Waals surface area (Å²) in [5, 5.41) is 2.79. The smallest absolute Gasteiger partial charge is 0.264 e. The Morgan fingerprint density at radius 2 is 1.66 bits per heavy atom. The molecule has 3 aromatic carbocycles. The molecular weight excluding hydrogens is 570 g/mol. The zero-order valence-corrected chi connectivity index (χ0v) is 24.0. The van der Waals surface area contributed by atoms with Gasteiger partial charge in [-0.2, -0.15) is 0 Å². The second-order valence-corrected chi connectivity index (χ2v) is 11.3. The number of anilines is 1. The Hall–Kier alpha value is -3.37. The summed E-state index contributed by atoms with van der Waals surface area (Å²) in [6.45, 7) is 3.65. The first-order valence-electron chi connectivity index (χ1n) is 12.2. The van der Waals surface area contributed by atoms with Gasteiger partial charge in [0.1, 0.15) is 18.3 Å². The van der Waals surface area contributed by atoms with Gasteiger partial charge in [0.15, 0.2) is 0 Å². The standard InChI is InChI=1S/C28H32BrN3O5S/c1-4-26(28(34)30-5-2)31(19-21-10-9-11-24(18-21)37-3)27(33)20-32(23-16-14-22(29)15-17-23)38(35,36)25-12-7-6-8-13-25/h6-18,26H,4-5,19-20H2,1-3H3,(H,30,34)/t26-/m1/s1. The Morgan fingerprint density at radius 3 is 2.26 bits per heavy atom. The van der Waals surface area contributed by atoms with Crippen molar-refractivity contribution in [3.05, 3.63) is 88.9 Å². The number of methoxy groups -OCH3 is 1. The molecular formula is C28H32BrN3O5S. The monoisotopic (exact) mass is 601 g/mol. The van der Waals surface area contributed by atoms with E-state index in [0.717, 1.165) is 14.3 Å². The Bertz CT molecular complexity index is 1330. The van der Waals surface area contributed by atoms with Crippen LogP contribution in [0.1, 0.15) is 25.8 Å². The van der Waals surface area contributed by atoms with Gasteiger partial charge in [0, 0.05) is 17.6 Å². The summed E-state index contributed by atoms with van der Waals surface area (Å²) in [6, 6.07) is 21.1. The number of amides is 2. The van der Waals surface area contributed by atoms with Crippen molar-refractivity contribution in [2.45, 2.75) is 37.8 Å². The van der Waals surface area contributed by atoms with Gasteiger partial charge in [-0.3, -0.25) is 13.9 Å². The molecule has 0 radical (unpaired) electrons. The number of ether oxygens (including phenoxy) is 1. The molecule has 1 N–H and O–H groups in total. The number of hydrogen-bond donors (Lipinski definition) is 1. The third kappa shape index (κ3) is 7.14. The van der Waals surface area contributed by atoms with Crippen LogP contribution in [0, 0.1) is 0 Å². The van der Waals surface area contributed by atoms with Gasteiger partial charge in [0.05, 0.1) is 17.7 Å². The molecule has 202 valence electrons. The van der Waals surface area contributed by atoms with Gasteiger partial charge in [-0.15, -0.1) is 0 Å². The predicted molar refractivity (Wildman–Crippen MR) is 151 cm³/mol. The third-order valence-electron chi connectivity index (χ3n) is 5.95. The minimum absolute atomic E-state index is 0.0610. The number of carbonyl (C=O) groups is 2. The maximum atomic E-state index is 13.9. The van der Waals surface area contributed by atoms with E-state index in [4.69, 9.17) is 4.74 Å². The molecule has 0 aliphatic heterocycles. The second kappa shape index (κ2) is 13.4. The lowest BCUT2D eigenvalue weighted by Gasteiger charge is -2.33. The van der Waals surface area contributed by atoms with Crippen molar-refractivity contribution >= 4 is 43.5 Å². The molecule has 3 aromatic rings. The highest BCUT2D eigenvalue weighted by Gasteiger charge is 2.33. The van der Waals surface area contributed by atoms with E-state index in [-0.39, 0.29) is 17.3 Å². The van der Waals surface area contributed by atoms with Gasteiger partial charge in [0.2, 0.25) is 11.8 Å². The summed E-state index contributed by atoms with van der Waals surface area (Å²) >= 11 is 3.37. The fourth-order valence-corrected chi connectivity index (χ4v) is 5.73. The zero-order chi connectivity index (χ0) is 27.7. The molecule has 0 aliphatic carbocycles. The van der Waals surface area contributed by atoms with Gasteiger partial charge in [-0.05, 0) is 67.4 Å². The minimum atomic E-state index is -4.09. The topological polar surface area (TPSA) is 96.0 Å². The quantitative estimate of drug-likeness (QED) is 0.327. The number of benzene rings is 3. The highest BCUT2D eigenvalue weighted by molar-refractivity contribution is 9.10. The largest absolute Gasteiger partial charge is 0.497 e. The molecule has 2 amide bonds. The van der Waals surface area contributed by atoms with Crippen LogP contribution in [0.5, 0.6) is 5.75 Å². The SMILES string of the molecule is CCNC(=O)[C@@H](CC)N(Cc1cccc(OC)c1)C(=O)CN(c1ccc(Br)cc1)S(=O)(=O)c1ccccc1. The summed E-state index contributed by atoms with van der Waals surface area (Å²) in [5.41, 5.74) is 1.08. The third-order valence-corrected chi connectivity index (χ3v) is 8.27. The van der Waals surface area contributed by atoms with Crippen LogP contribution in [0.15, 0.2) is 88.2 Å². The Balaban J connectivity index is 2.05. The highest BCUT2D eigenvalue weighted by Crippen LogP contribution is 2.26. The number of nitrogens with one attached hydrogen (secondary N) is 1. The van der Waals surface area contributed by atoms with E-state index in [1.165, 1.54) is 17.0 Å². The molecule has 8 nitrogen and oxygen atoms in total. The molecule has 3 rings (SSSR count). The number of likely N-dealkylation sites (N-methyl/N-ethyl adjacent to an activating group) is 1. The molecule has 0 bridgehead atoms. The Kier molecular flexibility index (Phi) is 10.3. The average molecular weight is 603 g/mol. The van der Waals surface area contributed by atoms with Crippen LogP contribution in [-0.4, -0.2) is 51.4 Å². The molecule has 0 saturated heterocycles. The molecule has 0 fully saturated rings. The van der Waals surface area contributed by atoms with Crippen molar-refractivity contribution in [3.63, 3.8) is 0 Å². The first-order valence-corrected chi connectivity index (χ1v) is 14.5. The van der Waals surface area contributed by atoms with E-state index in [2.05, 4.69) is 21.2 Å². The van der Waals surface area contributed by atoms with Gasteiger partial charge in [-0.25, -0.2) is 8.42 Å². The number of nitrogens with zero attached hydrogens (tertiary/aromatic N) is 2. The van der Waals surface area contributed by atoms with E-state index in [9.17, 15) is 18.0 Å². The molecule has 38 heavy (non-hydrogen) atoms. The fraction of sp³-hybridized carbons (Fsp3) is 0.286. The summed E-state index contributed by atoms with van der Waals surface area (Å²) in [5.74, 6) is -0.190. The number of hydrogen-bond acceptors (Lipinski definition) is 5. The molecule has 0 spiro atoms. The lowest BCUT2D eigenvalue weighted by Crippen LogP contribution is -2.52. The van der Waals surface area contributed by atoms with Gasteiger partial charge in [0.25, 0.3) is 10.0 Å². The molecule has 0 saturated carbocycles. The summed E-state index contributed by atoms with van der Waals surface area (Å²) in [7, 11) is -2.54. The maximum absolute atomic E-state index is 13.9. The number of sulfonamides is 1. The van der Waals surface area contributed by atoms with Gasteiger partial charge in [-0.1, -0.05) is 53.2 Å². The van der Waals surface area contributed by atoms with Crippen molar-refractivity contribution in [2.24, 2.45) is 0 Å². The average Bonchev–Trinajstić information content (AvgIpc) is 2.92. The van der Waals surface area contributed by atoms with Gasteiger partial charge < -0.3 is 15.0 Å². The summed E-state index contributed by atoms with van der Waals surface area (Å²) in [6.07, 6.45) is 0.352. The van der Waals surface area contributed by atoms with Crippen LogP contribution in [0.25, 0.3) is 0 Å². The van der Waals surface area contributed by atoms with Crippen LogP contribution in [0.4, 0.5) is 5.69 Å².